The monoisotopic (exact) mass is 486 g/mol. The number of aromatic nitrogens is 3. The molecular weight excluding hydrogens is 476 g/mol. The van der Waals surface area contributed by atoms with Crippen LogP contribution in [-0.2, 0) is 11.6 Å². The van der Waals surface area contributed by atoms with Crippen LogP contribution in [0.25, 0.3) is 5.82 Å². The van der Waals surface area contributed by atoms with Crippen molar-refractivity contribution in [3.8, 4) is 11.9 Å². The summed E-state index contributed by atoms with van der Waals surface area (Å²) in [6.45, 7) is 0. The zero-order chi connectivity index (χ0) is 24.3. The summed E-state index contributed by atoms with van der Waals surface area (Å²) in [6, 6.07) is 1.75. The minimum absolute atomic E-state index is 0.333. The summed E-state index contributed by atoms with van der Waals surface area (Å²) in [4.78, 5) is 8.47. The molecule has 15 heteroatoms. The summed E-state index contributed by atoms with van der Waals surface area (Å²) in [5, 5.41) is 12.2. The smallest absolute Gasteiger partial charge is 0.369 e. The van der Waals surface area contributed by atoms with Gasteiger partial charge in [-0.25, -0.2) is 18.8 Å². The molecule has 1 fully saturated rings. The van der Waals surface area contributed by atoms with Gasteiger partial charge in [-0.15, -0.1) is 0 Å². The Hall–Kier alpha value is -2.95. The van der Waals surface area contributed by atoms with E-state index in [4.69, 9.17) is 11.6 Å². The fourth-order valence-electron chi connectivity index (χ4n) is 3.07. The van der Waals surface area contributed by atoms with Gasteiger partial charge in [0.15, 0.2) is 22.7 Å². The van der Waals surface area contributed by atoms with E-state index in [9.17, 15) is 40.4 Å². The van der Waals surface area contributed by atoms with Crippen LogP contribution in [-0.4, -0.2) is 52.2 Å². The highest BCUT2D eigenvalue weighted by Gasteiger charge is 2.86. The topological polar surface area (TPSA) is 70.1 Å². The maximum atomic E-state index is 14.1. The average Bonchev–Trinajstić information content (AvgIpc) is 3.07. The number of aliphatic imine (C=N–C) groups is 1. The third-order valence-corrected chi connectivity index (χ3v) is 4.90. The van der Waals surface area contributed by atoms with Crippen LogP contribution in [0, 0.1) is 11.3 Å². The van der Waals surface area contributed by atoms with E-state index >= 15 is 0 Å². The molecular formula is C17H11ClF8N6. The molecule has 1 unspecified atom stereocenters. The lowest BCUT2D eigenvalue weighted by Crippen LogP contribution is -2.35. The third kappa shape index (κ3) is 3.64. The second-order valence-electron chi connectivity index (χ2n) is 7.09. The van der Waals surface area contributed by atoms with E-state index in [2.05, 4.69) is 15.1 Å². The Morgan fingerprint density at radius 2 is 1.84 bits per heavy atom. The third-order valence-electron chi connectivity index (χ3n) is 4.62. The van der Waals surface area contributed by atoms with E-state index in [-0.39, 0.29) is 0 Å². The zero-order valence-electron chi connectivity index (χ0n) is 16.0. The first kappa shape index (κ1) is 23.7. The fourth-order valence-corrected chi connectivity index (χ4v) is 3.31. The fraction of sp³-hybridized carbons (Fsp3) is 0.412. The lowest BCUT2D eigenvalue weighted by molar-refractivity contribution is -0.182. The molecule has 1 atom stereocenters. The molecule has 0 radical (unpaired) electrons. The molecule has 0 aliphatic heterocycles. The zero-order valence-corrected chi connectivity index (χ0v) is 16.8. The molecule has 2 heterocycles. The van der Waals surface area contributed by atoms with Crippen LogP contribution in [0.1, 0.15) is 23.2 Å². The molecule has 6 nitrogen and oxygen atoms in total. The average molecular weight is 487 g/mol. The SMILES string of the molecule is CN(C)/C=N\c1c(C2(C(F)(F)F)CC2(F)F)c(C#N)nn1-c1ncc(C(F)(F)F)cc1Cl. The van der Waals surface area contributed by atoms with Gasteiger partial charge in [0.2, 0.25) is 0 Å². The van der Waals surface area contributed by atoms with E-state index in [1.165, 1.54) is 25.1 Å². The molecule has 1 aliphatic rings. The van der Waals surface area contributed by atoms with Crippen LogP contribution in [0.5, 0.6) is 0 Å². The summed E-state index contributed by atoms with van der Waals surface area (Å²) >= 11 is 5.85. The molecule has 1 aliphatic carbocycles. The van der Waals surface area contributed by atoms with Crippen molar-refractivity contribution in [1.82, 2.24) is 19.7 Å². The predicted octanol–water partition coefficient (Wildman–Crippen LogP) is 4.87. The first-order valence-corrected chi connectivity index (χ1v) is 8.86. The van der Waals surface area contributed by atoms with E-state index in [1.807, 2.05) is 0 Å². The normalized spacial score (nSPS) is 20.4. The minimum atomic E-state index is -5.49. The molecule has 0 aromatic carbocycles. The van der Waals surface area contributed by atoms with Gasteiger partial charge in [-0.2, -0.15) is 41.4 Å². The van der Waals surface area contributed by atoms with Crippen LogP contribution in [0.15, 0.2) is 17.3 Å². The van der Waals surface area contributed by atoms with Crippen molar-refractivity contribution in [2.45, 2.75) is 30.1 Å². The van der Waals surface area contributed by atoms with Crippen molar-refractivity contribution >= 4 is 23.8 Å². The molecule has 32 heavy (non-hydrogen) atoms. The van der Waals surface area contributed by atoms with Crippen molar-refractivity contribution in [3.63, 3.8) is 0 Å². The van der Waals surface area contributed by atoms with Gasteiger partial charge in [-0.3, -0.25) is 0 Å². The highest BCUT2D eigenvalue weighted by atomic mass is 35.5. The standard InChI is InChI=1S/C17H11ClF8N6/c1-31(2)7-29-13-11(14(17(24,25)26)6-15(14,19)20)10(4-27)30-32(13)12-9(18)3-8(5-28-12)16(21,22)23/h3,5,7H,6H2,1-2H3/b29-7-. The van der Waals surface area contributed by atoms with E-state index in [1.54, 1.807) is 0 Å². The molecule has 2 aromatic rings. The van der Waals surface area contributed by atoms with E-state index < -0.39 is 63.6 Å². The number of rotatable bonds is 4. The number of halogens is 9. The predicted molar refractivity (Wildman–Crippen MR) is 95.2 cm³/mol. The van der Waals surface area contributed by atoms with Gasteiger partial charge < -0.3 is 4.90 Å². The van der Waals surface area contributed by atoms with Gasteiger partial charge in [0.1, 0.15) is 6.07 Å². The lowest BCUT2D eigenvalue weighted by atomic mass is 9.94. The summed E-state index contributed by atoms with van der Waals surface area (Å²) in [5.41, 5.74) is -7.27. The molecule has 0 bridgehead atoms. The van der Waals surface area contributed by atoms with Crippen molar-refractivity contribution in [1.29, 1.82) is 5.26 Å². The molecule has 2 aromatic heterocycles. The van der Waals surface area contributed by atoms with Gasteiger partial charge in [-0.05, 0) is 6.07 Å². The maximum absolute atomic E-state index is 14.1. The molecule has 3 rings (SSSR count). The molecule has 1 saturated carbocycles. The van der Waals surface area contributed by atoms with Gasteiger partial charge in [0, 0.05) is 26.7 Å². The number of nitrogens with zero attached hydrogens (tertiary/aromatic N) is 6. The Bertz CT molecular complexity index is 1130. The highest BCUT2D eigenvalue weighted by Crippen LogP contribution is 2.70. The number of hydrogen-bond donors (Lipinski definition) is 0. The second kappa shape index (κ2) is 7.29. The van der Waals surface area contributed by atoms with Gasteiger partial charge in [-0.1, -0.05) is 11.6 Å². The Morgan fingerprint density at radius 3 is 2.25 bits per heavy atom. The summed E-state index contributed by atoms with van der Waals surface area (Å²) in [5.74, 6) is -5.75. The largest absolute Gasteiger partial charge is 0.417 e. The molecule has 0 amide bonds. The number of hydrogen-bond acceptors (Lipinski definition) is 4. The Labute approximate surface area is 179 Å². The molecule has 0 saturated heterocycles. The van der Waals surface area contributed by atoms with Crippen molar-refractivity contribution in [2.75, 3.05) is 14.1 Å². The number of pyridine rings is 1. The quantitative estimate of drug-likeness (QED) is 0.351. The lowest BCUT2D eigenvalue weighted by Gasteiger charge is -2.20. The van der Waals surface area contributed by atoms with Crippen LogP contribution in [0.4, 0.5) is 40.9 Å². The first-order chi connectivity index (χ1) is 14.6. The van der Waals surface area contributed by atoms with Crippen LogP contribution in [0.2, 0.25) is 5.02 Å². The molecule has 0 N–H and O–H groups in total. The first-order valence-electron chi connectivity index (χ1n) is 8.48. The number of nitriles is 1. The van der Waals surface area contributed by atoms with Crippen LogP contribution < -0.4 is 0 Å². The molecule has 0 spiro atoms. The summed E-state index contributed by atoms with van der Waals surface area (Å²) in [7, 11) is 2.84. The van der Waals surface area contributed by atoms with Gasteiger partial charge in [0.05, 0.1) is 22.5 Å². The van der Waals surface area contributed by atoms with Gasteiger partial charge >= 0.3 is 12.4 Å². The Balaban J connectivity index is 2.35. The van der Waals surface area contributed by atoms with E-state index in [0.29, 0.717) is 16.9 Å². The highest BCUT2D eigenvalue weighted by molar-refractivity contribution is 6.32. The number of alkyl halides is 8. The Kier molecular flexibility index (Phi) is 5.40. The van der Waals surface area contributed by atoms with Crippen molar-refractivity contribution in [3.05, 3.63) is 34.1 Å². The summed E-state index contributed by atoms with van der Waals surface area (Å²) < 4.78 is 109. The second-order valence-corrected chi connectivity index (χ2v) is 7.50. The van der Waals surface area contributed by atoms with Crippen molar-refractivity contribution < 1.29 is 35.1 Å². The summed E-state index contributed by atoms with van der Waals surface area (Å²) in [6.07, 6.45) is -10.7. The van der Waals surface area contributed by atoms with Crippen LogP contribution >= 0.6 is 11.6 Å². The molecule has 172 valence electrons. The Morgan fingerprint density at radius 1 is 1.25 bits per heavy atom. The van der Waals surface area contributed by atoms with Gasteiger partial charge in [0.25, 0.3) is 5.92 Å². The van der Waals surface area contributed by atoms with Crippen molar-refractivity contribution in [2.24, 2.45) is 4.99 Å². The maximum Gasteiger partial charge on any atom is 0.417 e. The van der Waals surface area contributed by atoms with E-state index in [0.717, 1.165) is 6.34 Å². The minimum Gasteiger partial charge on any atom is -0.369 e. The van der Waals surface area contributed by atoms with Crippen LogP contribution in [0.3, 0.4) is 0 Å².